The summed E-state index contributed by atoms with van der Waals surface area (Å²) in [7, 11) is 0. The molecular weight excluding hydrogens is 332 g/mol. The molecule has 3 nitrogen and oxygen atoms in total. The van der Waals surface area contributed by atoms with Crippen molar-refractivity contribution in [3.8, 4) is 0 Å². The molecule has 1 amide bonds. The minimum atomic E-state index is -0.0468. The van der Waals surface area contributed by atoms with Crippen molar-refractivity contribution in [3.63, 3.8) is 0 Å². The second-order valence-electron chi connectivity index (χ2n) is 7.93. The molecule has 1 fully saturated rings. The van der Waals surface area contributed by atoms with Crippen molar-refractivity contribution in [1.29, 1.82) is 0 Å². The third-order valence-corrected chi connectivity index (χ3v) is 5.39. The highest BCUT2D eigenvalue weighted by atomic mass is 16.1. The molecule has 0 saturated carbocycles. The Morgan fingerprint density at radius 1 is 1.07 bits per heavy atom. The van der Waals surface area contributed by atoms with Gasteiger partial charge in [0, 0.05) is 24.3 Å². The highest BCUT2D eigenvalue weighted by molar-refractivity contribution is 6.04. The first-order valence-corrected chi connectivity index (χ1v) is 10.4. The van der Waals surface area contributed by atoms with Crippen LogP contribution in [0.4, 0.5) is 5.69 Å². The van der Waals surface area contributed by atoms with Crippen LogP contribution >= 0.6 is 0 Å². The van der Waals surface area contributed by atoms with Gasteiger partial charge in [0.05, 0.1) is 0 Å². The van der Waals surface area contributed by atoms with Gasteiger partial charge in [0.25, 0.3) is 5.91 Å². The van der Waals surface area contributed by atoms with Crippen LogP contribution in [0.5, 0.6) is 0 Å². The number of piperidine rings is 1. The molecule has 1 saturated heterocycles. The molecule has 0 aromatic heterocycles. The summed E-state index contributed by atoms with van der Waals surface area (Å²) >= 11 is 0. The van der Waals surface area contributed by atoms with E-state index in [9.17, 15) is 4.79 Å². The molecular formula is C24H32N2O. The summed E-state index contributed by atoms with van der Waals surface area (Å²) < 4.78 is 0. The summed E-state index contributed by atoms with van der Waals surface area (Å²) in [6.45, 7) is 7.87. The normalized spacial score (nSPS) is 17.6. The quantitative estimate of drug-likeness (QED) is 0.702. The van der Waals surface area contributed by atoms with Gasteiger partial charge in [-0.25, -0.2) is 0 Å². The van der Waals surface area contributed by atoms with Gasteiger partial charge in [-0.15, -0.1) is 0 Å². The minimum Gasteiger partial charge on any atom is -0.322 e. The van der Waals surface area contributed by atoms with Gasteiger partial charge in [-0.1, -0.05) is 44.5 Å². The Morgan fingerprint density at radius 2 is 1.78 bits per heavy atom. The number of carbonyl (C=O) groups is 1. The standard InChI is InChI=1S/C24H32N2O/c1-3-4-7-20-10-14-23(15-11-20)25-24(27)22-12-8-21(9-13-22)18-26-16-5-6-19(2)17-26/h8-15,19H,3-7,16-18H2,1-2H3,(H,25,27)/t19-/m0/s1. The lowest BCUT2D eigenvalue weighted by molar-refractivity contribution is 0.102. The van der Waals surface area contributed by atoms with Crippen molar-refractivity contribution < 1.29 is 4.79 Å². The Hall–Kier alpha value is -2.13. The van der Waals surface area contributed by atoms with Gasteiger partial charge < -0.3 is 5.32 Å². The first-order chi connectivity index (χ1) is 13.1. The monoisotopic (exact) mass is 364 g/mol. The van der Waals surface area contributed by atoms with E-state index in [4.69, 9.17) is 0 Å². The molecule has 2 aromatic carbocycles. The lowest BCUT2D eigenvalue weighted by Gasteiger charge is -2.30. The van der Waals surface area contributed by atoms with Gasteiger partial charge in [-0.3, -0.25) is 9.69 Å². The van der Waals surface area contributed by atoms with E-state index in [1.165, 1.54) is 49.9 Å². The van der Waals surface area contributed by atoms with Crippen LogP contribution in [-0.2, 0) is 13.0 Å². The molecule has 1 aliphatic heterocycles. The molecule has 0 bridgehead atoms. The molecule has 3 rings (SSSR count). The van der Waals surface area contributed by atoms with Crippen LogP contribution in [0.2, 0.25) is 0 Å². The van der Waals surface area contributed by atoms with Crippen LogP contribution in [0.25, 0.3) is 0 Å². The molecule has 144 valence electrons. The molecule has 0 unspecified atom stereocenters. The maximum Gasteiger partial charge on any atom is 0.255 e. The van der Waals surface area contributed by atoms with Gasteiger partial charge in [-0.2, -0.15) is 0 Å². The molecule has 1 atom stereocenters. The number of hydrogen-bond acceptors (Lipinski definition) is 2. The SMILES string of the molecule is CCCCc1ccc(NC(=O)c2ccc(CN3CCC[C@H](C)C3)cc2)cc1. The molecule has 1 N–H and O–H groups in total. The minimum absolute atomic E-state index is 0.0468. The highest BCUT2D eigenvalue weighted by Crippen LogP contribution is 2.18. The molecule has 27 heavy (non-hydrogen) atoms. The fourth-order valence-electron chi connectivity index (χ4n) is 3.79. The second kappa shape index (κ2) is 9.70. The Bertz CT molecular complexity index is 721. The molecule has 2 aromatic rings. The lowest BCUT2D eigenvalue weighted by Crippen LogP contribution is -2.33. The maximum absolute atomic E-state index is 12.5. The number of carbonyl (C=O) groups excluding carboxylic acids is 1. The number of anilines is 1. The Balaban J connectivity index is 1.54. The van der Waals surface area contributed by atoms with Crippen LogP contribution in [-0.4, -0.2) is 23.9 Å². The predicted octanol–water partition coefficient (Wildman–Crippen LogP) is 5.51. The zero-order valence-electron chi connectivity index (χ0n) is 16.7. The molecule has 3 heteroatoms. The van der Waals surface area contributed by atoms with E-state index in [2.05, 4.69) is 48.3 Å². The summed E-state index contributed by atoms with van der Waals surface area (Å²) in [5, 5.41) is 3.00. The topological polar surface area (TPSA) is 32.3 Å². The van der Waals surface area contributed by atoms with E-state index in [1.54, 1.807) is 0 Å². The van der Waals surface area contributed by atoms with Crippen molar-refractivity contribution in [2.45, 2.75) is 52.5 Å². The number of aryl methyl sites for hydroxylation is 1. The molecule has 0 spiro atoms. The Labute approximate surface area is 163 Å². The zero-order chi connectivity index (χ0) is 19.1. The smallest absolute Gasteiger partial charge is 0.255 e. The van der Waals surface area contributed by atoms with Crippen LogP contribution in [0.1, 0.15) is 61.0 Å². The largest absolute Gasteiger partial charge is 0.322 e. The molecule has 0 aliphatic carbocycles. The van der Waals surface area contributed by atoms with E-state index in [1.807, 2.05) is 24.3 Å². The lowest BCUT2D eigenvalue weighted by atomic mass is 9.99. The Kier molecular flexibility index (Phi) is 7.05. The van der Waals surface area contributed by atoms with E-state index in [0.29, 0.717) is 5.56 Å². The maximum atomic E-state index is 12.5. The number of nitrogens with one attached hydrogen (secondary N) is 1. The number of hydrogen-bond donors (Lipinski definition) is 1. The van der Waals surface area contributed by atoms with Crippen LogP contribution in [0, 0.1) is 5.92 Å². The van der Waals surface area contributed by atoms with Crippen molar-refractivity contribution in [1.82, 2.24) is 4.90 Å². The van der Waals surface area contributed by atoms with Crippen molar-refractivity contribution in [2.75, 3.05) is 18.4 Å². The third kappa shape index (κ3) is 5.93. The van der Waals surface area contributed by atoms with Crippen LogP contribution in [0.3, 0.4) is 0 Å². The van der Waals surface area contributed by atoms with E-state index in [0.717, 1.165) is 24.6 Å². The highest BCUT2D eigenvalue weighted by Gasteiger charge is 2.16. The van der Waals surface area contributed by atoms with Gasteiger partial charge in [-0.05, 0) is 73.5 Å². The number of amides is 1. The molecule has 0 radical (unpaired) electrons. The van der Waals surface area contributed by atoms with Crippen molar-refractivity contribution in [2.24, 2.45) is 5.92 Å². The molecule has 1 aliphatic rings. The van der Waals surface area contributed by atoms with Crippen molar-refractivity contribution in [3.05, 3.63) is 65.2 Å². The average molecular weight is 365 g/mol. The van der Waals surface area contributed by atoms with Crippen molar-refractivity contribution >= 4 is 11.6 Å². The third-order valence-electron chi connectivity index (χ3n) is 5.39. The number of nitrogens with zero attached hydrogens (tertiary/aromatic N) is 1. The van der Waals surface area contributed by atoms with Gasteiger partial charge in [0.15, 0.2) is 0 Å². The fraction of sp³-hybridized carbons (Fsp3) is 0.458. The van der Waals surface area contributed by atoms with E-state index < -0.39 is 0 Å². The van der Waals surface area contributed by atoms with E-state index >= 15 is 0 Å². The Morgan fingerprint density at radius 3 is 2.44 bits per heavy atom. The summed E-state index contributed by atoms with van der Waals surface area (Å²) in [5.41, 5.74) is 4.17. The zero-order valence-corrected chi connectivity index (χ0v) is 16.7. The van der Waals surface area contributed by atoms with Gasteiger partial charge >= 0.3 is 0 Å². The number of likely N-dealkylation sites (tertiary alicyclic amines) is 1. The number of benzene rings is 2. The summed E-state index contributed by atoms with van der Waals surface area (Å²) in [4.78, 5) is 15.0. The summed E-state index contributed by atoms with van der Waals surface area (Å²) in [6, 6.07) is 16.2. The van der Waals surface area contributed by atoms with E-state index in [-0.39, 0.29) is 5.91 Å². The van der Waals surface area contributed by atoms with Gasteiger partial charge in [0.2, 0.25) is 0 Å². The average Bonchev–Trinajstić information content (AvgIpc) is 2.68. The summed E-state index contributed by atoms with van der Waals surface area (Å²) in [6.07, 6.45) is 6.13. The van der Waals surface area contributed by atoms with Crippen LogP contribution < -0.4 is 5.32 Å². The first kappa shape index (κ1) is 19.6. The first-order valence-electron chi connectivity index (χ1n) is 10.4. The van der Waals surface area contributed by atoms with Crippen LogP contribution in [0.15, 0.2) is 48.5 Å². The number of unbranched alkanes of at least 4 members (excludes halogenated alkanes) is 1. The second-order valence-corrected chi connectivity index (χ2v) is 7.93. The number of rotatable bonds is 7. The fourth-order valence-corrected chi connectivity index (χ4v) is 3.79. The summed E-state index contributed by atoms with van der Waals surface area (Å²) in [5.74, 6) is 0.742. The predicted molar refractivity (Wildman–Crippen MR) is 113 cm³/mol. The molecule has 1 heterocycles. The van der Waals surface area contributed by atoms with Gasteiger partial charge in [0.1, 0.15) is 0 Å².